The first kappa shape index (κ1) is 19.7. The highest BCUT2D eigenvalue weighted by molar-refractivity contribution is 7.14. The van der Waals surface area contributed by atoms with Crippen molar-refractivity contribution in [2.75, 3.05) is 20.3 Å². The Morgan fingerprint density at radius 1 is 1.35 bits per heavy atom. The van der Waals surface area contributed by atoms with E-state index in [2.05, 4.69) is 11.9 Å². The Balaban J connectivity index is 2.13. The summed E-state index contributed by atoms with van der Waals surface area (Å²) in [5, 5.41) is 11.7. The number of carboxylic acid groups (broad SMARTS) is 1. The van der Waals surface area contributed by atoms with Gasteiger partial charge < -0.3 is 19.9 Å². The van der Waals surface area contributed by atoms with Crippen LogP contribution in [0, 0.1) is 6.92 Å². The van der Waals surface area contributed by atoms with Gasteiger partial charge in [0.15, 0.2) is 6.04 Å². The first-order chi connectivity index (χ1) is 12.5. The van der Waals surface area contributed by atoms with Crippen molar-refractivity contribution in [2.24, 2.45) is 0 Å². The van der Waals surface area contributed by atoms with Crippen LogP contribution in [0.1, 0.15) is 14.5 Å². The molecule has 0 saturated heterocycles. The molecule has 0 fully saturated rings. The average molecular weight is 375 g/mol. The lowest BCUT2D eigenvalue weighted by Crippen LogP contribution is -2.43. The summed E-state index contributed by atoms with van der Waals surface area (Å²) < 4.78 is 10.3. The van der Waals surface area contributed by atoms with Crippen LogP contribution in [-0.2, 0) is 9.53 Å². The molecular formula is C19H21NO5S. The van der Waals surface area contributed by atoms with Crippen LogP contribution in [0.15, 0.2) is 43.0 Å². The smallest absolute Gasteiger partial charge is 0.328 e. The summed E-state index contributed by atoms with van der Waals surface area (Å²) >= 11 is 1.32. The third-order valence-corrected chi connectivity index (χ3v) is 4.72. The number of amides is 1. The molecule has 0 radical (unpaired) electrons. The van der Waals surface area contributed by atoms with Crippen LogP contribution in [0.5, 0.6) is 5.75 Å². The molecule has 0 aliphatic carbocycles. The van der Waals surface area contributed by atoms with Gasteiger partial charge in [-0.05, 0) is 36.2 Å². The van der Waals surface area contributed by atoms with Gasteiger partial charge in [0.05, 0.1) is 25.2 Å². The minimum atomic E-state index is -1.15. The van der Waals surface area contributed by atoms with Gasteiger partial charge in [-0.25, -0.2) is 4.79 Å². The molecule has 1 aromatic heterocycles. The first-order valence-electron chi connectivity index (χ1n) is 7.93. The van der Waals surface area contributed by atoms with E-state index in [1.54, 1.807) is 13.2 Å². The van der Waals surface area contributed by atoms with Gasteiger partial charge >= 0.3 is 5.97 Å². The molecule has 138 valence electrons. The number of nitrogens with one attached hydrogen (secondary N) is 1. The Kier molecular flexibility index (Phi) is 6.94. The van der Waals surface area contributed by atoms with Crippen LogP contribution in [0.3, 0.4) is 0 Å². The maximum Gasteiger partial charge on any atom is 0.328 e. The minimum absolute atomic E-state index is 0.122. The number of thiophene rings is 1. The van der Waals surface area contributed by atoms with E-state index in [-0.39, 0.29) is 13.2 Å². The Labute approximate surface area is 156 Å². The molecule has 2 N–H and O–H groups in total. The van der Waals surface area contributed by atoms with Gasteiger partial charge in [0.2, 0.25) is 0 Å². The highest BCUT2D eigenvalue weighted by Gasteiger charge is 2.22. The van der Waals surface area contributed by atoms with Gasteiger partial charge in [-0.1, -0.05) is 18.2 Å². The van der Waals surface area contributed by atoms with Crippen molar-refractivity contribution in [1.29, 1.82) is 0 Å². The van der Waals surface area contributed by atoms with E-state index < -0.39 is 17.9 Å². The topological polar surface area (TPSA) is 84.9 Å². The molecule has 1 atom stereocenters. The van der Waals surface area contributed by atoms with Gasteiger partial charge in [-0.2, -0.15) is 0 Å². The SMILES string of the molecule is C=CCOCC(NC(=O)c1cc(-c2ccc(OC)cc2)c(C)s1)C(=O)O. The average Bonchev–Trinajstić information content (AvgIpc) is 3.02. The molecule has 7 heteroatoms. The van der Waals surface area contributed by atoms with E-state index in [1.165, 1.54) is 17.4 Å². The Morgan fingerprint density at radius 2 is 2.04 bits per heavy atom. The molecule has 1 heterocycles. The van der Waals surface area contributed by atoms with E-state index in [0.717, 1.165) is 21.8 Å². The molecule has 6 nitrogen and oxygen atoms in total. The van der Waals surface area contributed by atoms with Crippen LogP contribution < -0.4 is 10.1 Å². The largest absolute Gasteiger partial charge is 0.497 e. The molecule has 0 aliphatic rings. The number of methoxy groups -OCH3 is 1. The zero-order chi connectivity index (χ0) is 19.1. The van der Waals surface area contributed by atoms with Crippen molar-refractivity contribution >= 4 is 23.2 Å². The van der Waals surface area contributed by atoms with Crippen molar-refractivity contribution < 1.29 is 24.2 Å². The number of rotatable bonds is 9. The fourth-order valence-electron chi connectivity index (χ4n) is 2.32. The first-order valence-corrected chi connectivity index (χ1v) is 8.75. The summed E-state index contributed by atoms with van der Waals surface area (Å²) in [5.41, 5.74) is 1.89. The van der Waals surface area contributed by atoms with Crippen LogP contribution >= 0.6 is 11.3 Å². The number of aryl methyl sites for hydroxylation is 1. The minimum Gasteiger partial charge on any atom is -0.497 e. The van der Waals surface area contributed by atoms with Gasteiger partial charge in [0.25, 0.3) is 5.91 Å². The van der Waals surface area contributed by atoms with Gasteiger partial charge in [-0.15, -0.1) is 17.9 Å². The monoisotopic (exact) mass is 375 g/mol. The predicted octanol–water partition coefficient (Wildman–Crippen LogP) is 3.12. The third-order valence-electron chi connectivity index (χ3n) is 3.67. The second-order valence-electron chi connectivity index (χ2n) is 5.50. The van der Waals surface area contributed by atoms with Crippen molar-refractivity contribution in [3.05, 3.63) is 52.7 Å². The normalized spacial score (nSPS) is 11.6. The second-order valence-corrected chi connectivity index (χ2v) is 6.76. The Morgan fingerprint density at radius 3 is 2.62 bits per heavy atom. The van der Waals surface area contributed by atoms with Gasteiger partial charge in [0, 0.05) is 4.88 Å². The van der Waals surface area contributed by atoms with Gasteiger partial charge in [0.1, 0.15) is 5.75 Å². The molecule has 26 heavy (non-hydrogen) atoms. The van der Waals surface area contributed by atoms with E-state index in [1.807, 2.05) is 31.2 Å². The highest BCUT2D eigenvalue weighted by Crippen LogP contribution is 2.32. The summed E-state index contributed by atoms with van der Waals surface area (Å²) in [7, 11) is 1.60. The number of hydrogen-bond acceptors (Lipinski definition) is 5. The lowest BCUT2D eigenvalue weighted by atomic mass is 10.1. The van der Waals surface area contributed by atoms with E-state index in [0.29, 0.717) is 4.88 Å². The molecular weight excluding hydrogens is 354 g/mol. The molecule has 1 unspecified atom stereocenters. The highest BCUT2D eigenvalue weighted by atomic mass is 32.1. The van der Waals surface area contributed by atoms with Crippen molar-refractivity contribution in [3.8, 4) is 16.9 Å². The number of carboxylic acids is 1. The predicted molar refractivity (Wildman–Crippen MR) is 101 cm³/mol. The number of ether oxygens (including phenoxy) is 2. The van der Waals surface area contributed by atoms with Crippen LogP contribution in [0.4, 0.5) is 0 Å². The Bertz CT molecular complexity index is 782. The zero-order valence-electron chi connectivity index (χ0n) is 14.7. The third kappa shape index (κ3) is 4.93. The molecule has 1 amide bonds. The number of carbonyl (C=O) groups excluding carboxylic acids is 1. The van der Waals surface area contributed by atoms with E-state index in [4.69, 9.17) is 9.47 Å². The second kappa shape index (κ2) is 9.17. The number of carbonyl (C=O) groups is 2. The lowest BCUT2D eigenvalue weighted by Gasteiger charge is -2.13. The van der Waals surface area contributed by atoms with E-state index >= 15 is 0 Å². The quantitative estimate of drug-likeness (QED) is 0.520. The van der Waals surface area contributed by atoms with Crippen LogP contribution in [0.25, 0.3) is 11.1 Å². The Hall–Kier alpha value is -2.64. The summed E-state index contributed by atoms with van der Waals surface area (Å²) in [6.45, 7) is 5.52. The molecule has 1 aromatic carbocycles. The summed E-state index contributed by atoms with van der Waals surface area (Å²) in [6.07, 6.45) is 1.52. The summed E-state index contributed by atoms with van der Waals surface area (Å²) in [4.78, 5) is 25.1. The zero-order valence-corrected chi connectivity index (χ0v) is 15.5. The molecule has 0 saturated carbocycles. The van der Waals surface area contributed by atoms with Crippen LogP contribution in [0.2, 0.25) is 0 Å². The van der Waals surface area contributed by atoms with Gasteiger partial charge in [-0.3, -0.25) is 4.79 Å². The maximum absolute atomic E-state index is 12.4. The van der Waals surface area contributed by atoms with Crippen molar-refractivity contribution in [1.82, 2.24) is 5.32 Å². The number of benzene rings is 1. The van der Waals surface area contributed by atoms with Crippen LogP contribution in [-0.4, -0.2) is 43.3 Å². The van der Waals surface area contributed by atoms with E-state index in [9.17, 15) is 14.7 Å². The number of hydrogen-bond donors (Lipinski definition) is 2. The molecule has 2 rings (SSSR count). The fourth-order valence-corrected chi connectivity index (χ4v) is 3.27. The molecule has 0 bridgehead atoms. The lowest BCUT2D eigenvalue weighted by molar-refractivity contribution is -0.140. The molecule has 0 aliphatic heterocycles. The standard InChI is InChI=1S/C19H21NO5S/c1-4-9-25-11-16(19(22)23)20-18(21)17-10-15(12(2)26-17)13-5-7-14(24-3)8-6-13/h4-8,10,16H,1,9,11H2,2-3H3,(H,20,21)(H,22,23). The fraction of sp³-hybridized carbons (Fsp3) is 0.263. The molecule has 0 spiro atoms. The molecule has 2 aromatic rings. The number of aliphatic carboxylic acids is 1. The van der Waals surface area contributed by atoms with Crippen molar-refractivity contribution in [3.63, 3.8) is 0 Å². The summed E-state index contributed by atoms with van der Waals surface area (Å²) in [5.74, 6) is -0.832. The summed E-state index contributed by atoms with van der Waals surface area (Å²) in [6, 6.07) is 8.18. The van der Waals surface area contributed by atoms with Crippen molar-refractivity contribution in [2.45, 2.75) is 13.0 Å². The maximum atomic E-state index is 12.4.